The molecule has 5 heteroatoms. The summed E-state index contributed by atoms with van der Waals surface area (Å²) in [6.07, 6.45) is 1.26. The summed E-state index contributed by atoms with van der Waals surface area (Å²) in [7, 11) is 0. The van der Waals surface area contributed by atoms with Gasteiger partial charge in [0.25, 0.3) is 0 Å². The normalized spacial score (nSPS) is 9.72. The monoisotopic (exact) mass is 290 g/mol. The molecule has 1 rings (SSSR count). The second-order valence-corrected chi connectivity index (χ2v) is 4.37. The van der Waals surface area contributed by atoms with Crippen LogP contribution in [0.4, 0.5) is 0 Å². The van der Waals surface area contributed by atoms with Crippen LogP contribution in [0.1, 0.15) is 25.3 Å². The molecule has 0 heterocycles. The molecule has 0 spiro atoms. The number of rotatable bonds is 6. The van der Waals surface area contributed by atoms with E-state index < -0.39 is 0 Å². The van der Waals surface area contributed by atoms with Crippen LogP contribution in [0.5, 0.6) is 0 Å². The molecule has 0 saturated heterocycles. The molecule has 0 atom stereocenters. The van der Waals surface area contributed by atoms with Gasteiger partial charge in [-0.3, -0.25) is 4.79 Å². The van der Waals surface area contributed by atoms with Crippen molar-refractivity contribution in [2.75, 3.05) is 13.1 Å². The quantitative estimate of drug-likeness (QED) is 0.876. The SMILES string of the molecule is CCN(Cc1cccc(Cl)c1)C(=O)CCCN.Cl. The number of carbonyl (C=O) groups excluding carboxylic acids is 1. The van der Waals surface area contributed by atoms with E-state index in [4.69, 9.17) is 17.3 Å². The molecule has 0 aliphatic rings. The van der Waals surface area contributed by atoms with Gasteiger partial charge in [-0.2, -0.15) is 0 Å². The van der Waals surface area contributed by atoms with Gasteiger partial charge in [0.2, 0.25) is 5.91 Å². The van der Waals surface area contributed by atoms with Crippen molar-refractivity contribution in [1.29, 1.82) is 0 Å². The van der Waals surface area contributed by atoms with Gasteiger partial charge < -0.3 is 10.6 Å². The second kappa shape index (κ2) is 9.20. The molecular formula is C13H20Cl2N2O. The fraction of sp³-hybridized carbons (Fsp3) is 0.462. The van der Waals surface area contributed by atoms with E-state index in [2.05, 4.69) is 0 Å². The highest BCUT2D eigenvalue weighted by molar-refractivity contribution is 6.30. The van der Waals surface area contributed by atoms with Crippen LogP contribution < -0.4 is 5.73 Å². The van der Waals surface area contributed by atoms with Gasteiger partial charge in [0.05, 0.1) is 0 Å². The van der Waals surface area contributed by atoms with E-state index in [-0.39, 0.29) is 18.3 Å². The van der Waals surface area contributed by atoms with E-state index in [1.807, 2.05) is 36.1 Å². The van der Waals surface area contributed by atoms with Crippen LogP contribution in [-0.2, 0) is 11.3 Å². The lowest BCUT2D eigenvalue weighted by atomic mass is 10.2. The Kier molecular flexibility index (Phi) is 8.81. The highest BCUT2D eigenvalue weighted by Crippen LogP contribution is 2.13. The highest BCUT2D eigenvalue weighted by atomic mass is 35.5. The first-order valence-electron chi connectivity index (χ1n) is 5.89. The van der Waals surface area contributed by atoms with Crippen molar-refractivity contribution >= 4 is 29.9 Å². The minimum Gasteiger partial charge on any atom is -0.339 e. The van der Waals surface area contributed by atoms with Gasteiger partial charge in [0.1, 0.15) is 0 Å². The molecule has 18 heavy (non-hydrogen) atoms. The molecule has 3 nitrogen and oxygen atoms in total. The van der Waals surface area contributed by atoms with Gasteiger partial charge in [-0.1, -0.05) is 23.7 Å². The molecule has 1 amide bonds. The summed E-state index contributed by atoms with van der Waals surface area (Å²) in [4.78, 5) is 13.7. The maximum Gasteiger partial charge on any atom is 0.222 e. The number of hydrogen-bond acceptors (Lipinski definition) is 2. The van der Waals surface area contributed by atoms with Crippen molar-refractivity contribution in [3.8, 4) is 0 Å². The highest BCUT2D eigenvalue weighted by Gasteiger charge is 2.11. The summed E-state index contributed by atoms with van der Waals surface area (Å²) < 4.78 is 0. The molecule has 0 unspecified atom stereocenters. The number of benzene rings is 1. The molecule has 1 aromatic rings. The molecule has 0 aliphatic heterocycles. The molecule has 2 N–H and O–H groups in total. The lowest BCUT2D eigenvalue weighted by molar-refractivity contribution is -0.131. The van der Waals surface area contributed by atoms with Crippen LogP contribution in [0.15, 0.2) is 24.3 Å². The van der Waals surface area contributed by atoms with E-state index in [1.165, 1.54) is 0 Å². The molecule has 102 valence electrons. The molecule has 0 fully saturated rings. The van der Waals surface area contributed by atoms with Crippen molar-refractivity contribution in [2.45, 2.75) is 26.3 Å². The number of amides is 1. The first-order valence-corrected chi connectivity index (χ1v) is 6.27. The van der Waals surface area contributed by atoms with Crippen molar-refractivity contribution in [3.05, 3.63) is 34.9 Å². The third-order valence-electron chi connectivity index (χ3n) is 2.59. The molecule has 0 saturated carbocycles. The summed E-state index contributed by atoms with van der Waals surface area (Å²) in [6, 6.07) is 7.60. The number of hydrogen-bond donors (Lipinski definition) is 1. The Morgan fingerprint density at radius 2 is 2.17 bits per heavy atom. The van der Waals surface area contributed by atoms with Crippen molar-refractivity contribution in [1.82, 2.24) is 4.90 Å². The van der Waals surface area contributed by atoms with Gasteiger partial charge in [-0.05, 0) is 37.6 Å². The average Bonchev–Trinajstić information content (AvgIpc) is 2.33. The first-order chi connectivity index (χ1) is 8.17. The third kappa shape index (κ3) is 5.71. The van der Waals surface area contributed by atoms with E-state index in [0.29, 0.717) is 31.1 Å². The van der Waals surface area contributed by atoms with Crippen LogP contribution in [0.3, 0.4) is 0 Å². The Balaban J connectivity index is 0.00000289. The van der Waals surface area contributed by atoms with Crippen molar-refractivity contribution in [2.24, 2.45) is 5.73 Å². The number of nitrogens with zero attached hydrogens (tertiary/aromatic N) is 1. The van der Waals surface area contributed by atoms with E-state index in [9.17, 15) is 4.79 Å². The Labute approximate surface area is 120 Å². The Morgan fingerprint density at radius 1 is 1.44 bits per heavy atom. The van der Waals surface area contributed by atoms with Gasteiger partial charge in [-0.25, -0.2) is 0 Å². The minimum atomic E-state index is 0. The van der Waals surface area contributed by atoms with E-state index in [0.717, 1.165) is 12.0 Å². The minimum absolute atomic E-state index is 0. The van der Waals surface area contributed by atoms with Crippen LogP contribution >= 0.6 is 24.0 Å². The average molecular weight is 291 g/mol. The van der Waals surface area contributed by atoms with Gasteiger partial charge in [-0.15, -0.1) is 12.4 Å². The summed E-state index contributed by atoms with van der Waals surface area (Å²) in [5.74, 6) is 0.151. The smallest absolute Gasteiger partial charge is 0.222 e. The first kappa shape index (κ1) is 17.2. The molecular weight excluding hydrogens is 271 g/mol. The predicted octanol–water partition coefficient (Wildman–Crippen LogP) is 2.85. The van der Waals surface area contributed by atoms with Gasteiger partial charge in [0, 0.05) is 24.5 Å². The standard InChI is InChI=1S/C13H19ClN2O.ClH/c1-2-16(13(17)7-4-8-15)10-11-5-3-6-12(14)9-11;/h3,5-6,9H,2,4,7-8,10,15H2,1H3;1H. The van der Waals surface area contributed by atoms with E-state index in [1.54, 1.807) is 0 Å². The summed E-state index contributed by atoms with van der Waals surface area (Å²) in [5, 5.41) is 0.702. The number of nitrogens with two attached hydrogens (primary N) is 1. The number of carbonyl (C=O) groups is 1. The second-order valence-electron chi connectivity index (χ2n) is 3.93. The van der Waals surface area contributed by atoms with Gasteiger partial charge in [0.15, 0.2) is 0 Å². The largest absolute Gasteiger partial charge is 0.339 e. The van der Waals surface area contributed by atoms with E-state index >= 15 is 0 Å². The van der Waals surface area contributed by atoms with Crippen LogP contribution in [0.2, 0.25) is 5.02 Å². The Bertz CT molecular complexity index is 372. The zero-order valence-electron chi connectivity index (χ0n) is 10.6. The van der Waals surface area contributed by atoms with Crippen LogP contribution in [-0.4, -0.2) is 23.9 Å². The van der Waals surface area contributed by atoms with Crippen molar-refractivity contribution < 1.29 is 4.79 Å². The molecule has 0 radical (unpaired) electrons. The Hall–Kier alpha value is -0.770. The fourth-order valence-electron chi connectivity index (χ4n) is 1.64. The molecule has 0 aromatic heterocycles. The van der Waals surface area contributed by atoms with Gasteiger partial charge >= 0.3 is 0 Å². The third-order valence-corrected chi connectivity index (χ3v) is 2.83. The Morgan fingerprint density at radius 3 is 2.72 bits per heavy atom. The zero-order chi connectivity index (χ0) is 12.7. The topological polar surface area (TPSA) is 46.3 Å². The summed E-state index contributed by atoms with van der Waals surface area (Å²) >= 11 is 5.91. The fourth-order valence-corrected chi connectivity index (χ4v) is 1.86. The number of halogens is 2. The summed E-state index contributed by atoms with van der Waals surface area (Å²) in [5.41, 5.74) is 6.46. The molecule has 0 bridgehead atoms. The maximum atomic E-state index is 11.9. The van der Waals surface area contributed by atoms with Crippen LogP contribution in [0.25, 0.3) is 0 Å². The molecule has 1 aromatic carbocycles. The lowest BCUT2D eigenvalue weighted by Gasteiger charge is -2.21. The van der Waals surface area contributed by atoms with Crippen molar-refractivity contribution in [3.63, 3.8) is 0 Å². The summed E-state index contributed by atoms with van der Waals surface area (Å²) in [6.45, 7) is 3.85. The molecule has 0 aliphatic carbocycles. The maximum absolute atomic E-state index is 11.9. The van der Waals surface area contributed by atoms with Crippen LogP contribution in [0, 0.1) is 0 Å². The zero-order valence-corrected chi connectivity index (χ0v) is 12.1. The lowest BCUT2D eigenvalue weighted by Crippen LogP contribution is -2.30. The predicted molar refractivity (Wildman–Crippen MR) is 78.1 cm³/mol.